The molecule has 2 rings (SSSR count). The Morgan fingerprint density at radius 3 is 2.86 bits per heavy atom. The third kappa shape index (κ3) is 3.10. The molecule has 2 heterocycles. The van der Waals surface area contributed by atoms with Crippen LogP contribution in [-0.4, -0.2) is 41.8 Å². The van der Waals surface area contributed by atoms with E-state index in [-0.39, 0.29) is 11.4 Å². The molecule has 0 spiro atoms. The van der Waals surface area contributed by atoms with Crippen molar-refractivity contribution in [2.45, 2.75) is 39.2 Å². The van der Waals surface area contributed by atoms with Gasteiger partial charge in [0, 0.05) is 25.9 Å². The van der Waals surface area contributed by atoms with Crippen LogP contribution in [0, 0.1) is 13.8 Å². The third-order valence-electron chi connectivity index (χ3n) is 4.16. The van der Waals surface area contributed by atoms with Gasteiger partial charge in [-0.3, -0.25) is 4.98 Å². The number of hydrogen-bond acceptors (Lipinski definition) is 5. The number of amidine groups is 1. The summed E-state index contributed by atoms with van der Waals surface area (Å²) in [5.41, 5.74) is 9.02. The molecule has 1 atom stereocenters. The zero-order valence-corrected chi connectivity index (χ0v) is 13.2. The van der Waals surface area contributed by atoms with Crippen LogP contribution in [-0.2, 0) is 4.74 Å². The van der Waals surface area contributed by atoms with Gasteiger partial charge in [0.1, 0.15) is 0 Å². The molecule has 1 aromatic heterocycles. The van der Waals surface area contributed by atoms with E-state index in [4.69, 9.17) is 15.7 Å². The first-order valence-corrected chi connectivity index (χ1v) is 7.16. The number of piperidine rings is 1. The Labute approximate surface area is 125 Å². The lowest BCUT2D eigenvalue weighted by molar-refractivity contribution is -0.00466. The summed E-state index contributed by atoms with van der Waals surface area (Å²) in [6.45, 7) is 7.64. The maximum atomic E-state index is 9.05. The third-order valence-corrected chi connectivity index (χ3v) is 4.16. The Morgan fingerprint density at radius 1 is 1.52 bits per heavy atom. The summed E-state index contributed by atoms with van der Waals surface area (Å²) >= 11 is 0. The largest absolute Gasteiger partial charge is 0.409 e. The van der Waals surface area contributed by atoms with Gasteiger partial charge >= 0.3 is 0 Å². The number of nitrogens with two attached hydrogens (primary N) is 1. The van der Waals surface area contributed by atoms with E-state index in [2.05, 4.69) is 22.0 Å². The average Bonchev–Trinajstić information content (AvgIpc) is 2.46. The number of hydrogen-bond donors (Lipinski definition) is 2. The van der Waals surface area contributed by atoms with Crippen LogP contribution in [0.25, 0.3) is 0 Å². The Hall–Kier alpha value is -1.82. The summed E-state index contributed by atoms with van der Waals surface area (Å²) in [6.07, 6.45) is 2.07. The lowest BCUT2D eigenvalue weighted by Crippen LogP contribution is -2.48. The van der Waals surface area contributed by atoms with Crippen LogP contribution in [0.2, 0.25) is 0 Å². The number of methoxy groups -OCH3 is 1. The summed E-state index contributed by atoms with van der Waals surface area (Å²) in [5.74, 6) is 0.0969. The van der Waals surface area contributed by atoms with E-state index < -0.39 is 0 Å². The van der Waals surface area contributed by atoms with Crippen molar-refractivity contribution in [3.63, 3.8) is 0 Å². The van der Waals surface area contributed by atoms with Gasteiger partial charge in [0.05, 0.1) is 22.5 Å². The highest BCUT2D eigenvalue weighted by Crippen LogP contribution is 2.31. The second-order valence-electron chi connectivity index (χ2n) is 5.91. The lowest BCUT2D eigenvalue weighted by Gasteiger charge is -2.41. The molecule has 21 heavy (non-hydrogen) atoms. The average molecular weight is 292 g/mol. The minimum absolute atomic E-state index is 0.0969. The van der Waals surface area contributed by atoms with Gasteiger partial charge in [-0.2, -0.15) is 0 Å². The molecule has 0 aliphatic carbocycles. The normalized spacial score (nSPS) is 23.4. The number of pyridine rings is 1. The molecule has 1 saturated heterocycles. The highest BCUT2D eigenvalue weighted by atomic mass is 16.5. The minimum Gasteiger partial charge on any atom is -0.409 e. The Balaban J connectivity index is 2.47. The molecule has 1 fully saturated rings. The number of anilines is 1. The Bertz CT molecular complexity index is 559. The maximum absolute atomic E-state index is 9.05. The van der Waals surface area contributed by atoms with Gasteiger partial charge < -0.3 is 20.6 Å². The van der Waals surface area contributed by atoms with Crippen LogP contribution >= 0.6 is 0 Å². The first kappa shape index (κ1) is 15.6. The standard InChI is InChI=1S/C15H24N4O2/c1-10-8-12(13(11(2)17-10)14(16)18-20)19-7-5-6-15(3,9-19)21-4/h8,20H,5-7,9H2,1-4H3,(H2,16,18). The maximum Gasteiger partial charge on any atom is 0.174 e. The number of aryl methyl sites for hydroxylation is 2. The molecule has 1 aliphatic heterocycles. The van der Waals surface area contributed by atoms with Crippen molar-refractivity contribution in [1.82, 2.24) is 4.98 Å². The van der Waals surface area contributed by atoms with E-state index >= 15 is 0 Å². The molecule has 0 aromatic carbocycles. The highest BCUT2D eigenvalue weighted by molar-refractivity contribution is 6.03. The number of ether oxygens (including phenoxy) is 1. The second kappa shape index (κ2) is 5.89. The second-order valence-corrected chi connectivity index (χ2v) is 5.91. The fraction of sp³-hybridized carbons (Fsp3) is 0.600. The highest BCUT2D eigenvalue weighted by Gasteiger charge is 2.32. The fourth-order valence-electron chi connectivity index (χ4n) is 3.00. The Kier molecular flexibility index (Phi) is 4.37. The summed E-state index contributed by atoms with van der Waals surface area (Å²) in [6, 6.07) is 1.99. The molecule has 3 N–H and O–H groups in total. The number of nitrogens with zero attached hydrogens (tertiary/aromatic N) is 3. The topological polar surface area (TPSA) is 84.0 Å². The molecule has 0 bridgehead atoms. The van der Waals surface area contributed by atoms with Crippen molar-refractivity contribution in [3.8, 4) is 0 Å². The van der Waals surface area contributed by atoms with E-state index in [0.717, 1.165) is 43.0 Å². The van der Waals surface area contributed by atoms with Crippen LogP contribution < -0.4 is 10.6 Å². The van der Waals surface area contributed by atoms with Gasteiger partial charge in [-0.25, -0.2) is 0 Å². The van der Waals surface area contributed by atoms with Gasteiger partial charge in [-0.1, -0.05) is 5.16 Å². The smallest absolute Gasteiger partial charge is 0.174 e. The molecule has 0 saturated carbocycles. The van der Waals surface area contributed by atoms with Crippen molar-refractivity contribution in [2.75, 3.05) is 25.1 Å². The van der Waals surface area contributed by atoms with Crippen LogP contribution in [0.3, 0.4) is 0 Å². The monoisotopic (exact) mass is 292 g/mol. The van der Waals surface area contributed by atoms with Crippen LogP contribution in [0.4, 0.5) is 5.69 Å². The van der Waals surface area contributed by atoms with Crippen molar-refractivity contribution >= 4 is 11.5 Å². The molecule has 6 nitrogen and oxygen atoms in total. The molecule has 0 amide bonds. The van der Waals surface area contributed by atoms with E-state index in [1.54, 1.807) is 7.11 Å². The summed E-state index contributed by atoms with van der Waals surface area (Å²) in [7, 11) is 1.75. The minimum atomic E-state index is -0.175. The SMILES string of the molecule is COC1(C)CCCN(c2cc(C)nc(C)c2/C(N)=N/O)C1. The molecule has 1 unspecified atom stereocenters. The zero-order valence-electron chi connectivity index (χ0n) is 13.2. The van der Waals surface area contributed by atoms with E-state index in [9.17, 15) is 0 Å². The van der Waals surface area contributed by atoms with Gasteiger partial charge in [-0.15, -0.1) is 0 Å². The molecular formula is C15H24N4O2. The molecule has 6 heteroatoms. The summed E-state index contributed by atoms with van der Waals surface area (Å²) < 4.78 is 5.65. The number of aromatic nitrogens is 1. The fourth-order valence-corrected chi connectivity index (χ4v) is 3.00. The van der Waals surface area contributed by atoms with Crippen LogP contribution in [0.15, 0.2) is 11.2 Å². The van der Waals surface area contributed by atoms with E-state index in [0.29, 0.717) is 5.56 Å². The van der Waals surface area contributed by atoms with Gasteiger partial charge in [-0.05, 0) is 39.7 Å². The molecule has 1 aromatic rings. The van der Waals surface area contributed by atoms with Crippen molar-refractivity contribution in [2.24, 2.45) is 10.9 Å². The van der Waals surface area contributed by atoms with Gasteiger partial charge in [0.25, 0.3) is 0 Å². The lowest BCUT2D eigenvalue weighted by atomic mass is 9.93. The van der Waals surface area contributed by atoms with E-state index in [1.807, 2.05) is 19.9 Å². The first-order chi connectivity index (χ1) is 9.90. The van der Waals surface area contributed by atoms with E-state index in [1.165, 1.54) is 0 Å². The molecule has 0 radical (unpaired) electrons. The molecule has 1 aliphatic rings. The van der Waals surface area contributed by atoms with Crippen molar-refractivity contribution in [3.05, 3.63) is 23.0 Å². The van der Waals surface area contributed by atoms with Crippen LogP contribution in [0.1, 0.15) is 36.7 Å². The Morgan fingerprint density at radius 2 is 2.24 bits per heavy atom. The predicted molar refractivity (Wildman–Crippen MR) is 83.1 cm³/mol. The summed E-state index contributed by atoms with van der Waals surface area (Å²) in [4.78, 5) is 6.66. The van der Waals surface area contributed by atoms with Crippen molar-refractivity contribution < 1.29 is 9.94 Å². The number of oxime groups is 1. The number of rotatable bonds is 3. The van der Waals surface area contributed by atoms with Gasteiger partial charge in [0.15, 0.2) is 5.84 Å². The summed E-state index contributed by atoms with van der Waals surface area (Å²) in [5, 5.41) is 12.2. The van der Waals surface area contributed by atoms with Gasteiger partial charge in [0.2, 0.25) is 0 Å². The van der Waals surface area contributed by atoms with Crippen molar-refractivity contribution in [1.29, 1.82) is 0 Å². The molecule has 116 valence electrons. The predicted octanol–water partition coefficient (Wildman–Crippen LogP) is 1.80. The zero-order chi connectivity index (χ0) is 15.6. The quantitative estimate of drug-likeness (QED) is 0.384. The van der Waals surface area contributed by atoms with Crippen LogP contribution in [0.5, 0.6) is 0 Å². The first-order valence-electron chi connectivity index (χ1n) is 7.16. The molecular weight excluding hydrogens is 268 g/mol.